The molecule has 6 heteroatoms. The van der Waals surface area contributed by atoms with E-state index in [0.717, 1.165) is 28.2 Å². The molecule has 0 bridgehead atoms. The van der Waals surface area contributed by atoms with Crippen LogP contribution >= 0.6 is 0 Å². The first-order valence-corrected chi connectivity index (χ1v) is 10.3. The largest absolute Gasteiger partial charge is 0.497 e. The number of rotatable bonds is 11. The van der Waals surface area contributed by atoms with Gasteiger partial charge in [-0.15, -0.1) is 0 Å². The van der Waals surface area contributed by atoms with Gasteiger partial charge in [-0.2, -0.15) is 0 Å². The summed E-state index contributed by atoms with van der Waals surface area (Å²) in [4.78, 5) is 11.1. The average Bonchev–Trinajstić information content (AvgIpc) is 2.85. The Bertz CT molecular complexity index is 936. The maximum Gasteiger partial charge on any atom is 0.332 e. The zero-order valence-corrected chi connectivity index (χ0v) is 18.5. The predicted molar refractivity (Wildman–Crippen MR) is 121 cm³/mol. The zero-order chi connectivity index (χ0) is 23.0. The molecule has 0 heterocycles. The molecule has 0 aliphatic rings. The molecule has 32 heavy (non-hydrogen) atoms. The minimum absolute atomic E-state index is 0.133. The van der Waals surface area contributed by atoms with E-state index in [0.29, 0.717) is 0 Å². The summed E-state index contributed by atoms with van der Waals surface area (Å²) in [5.41, 5.74) is 1.79. The molecule has 3 aromatic rings. The first-order chi connectivity index (χ1) is 15.5. The van der Waals surface area contributed by atoms with Crippen molar-refractivity contribution in [2.45, 2.75) is 18.6 Å². The minimum Gasteiger partial charge on any atom is -0.497 e. The highest BCUT2D eigenvalue weighted by atomic mass is 16.6. The van der Waals surface area contributed by atoms with Crippen molar-refractivity contribution in [2.75, 3.05) is 27.4 Å². The summed E-state index contributed by atoms with van der Waals surface area (Å²) in [5, 5.41) is 9.08. The lowest BCUT2D eigenvalue weighted by atomic mass is 9.80. The van der Waals surface area contributed by atoms with Crippen LogP contribution in [0, 0.1) is 0 Å². The molecule has 0 aliphatic heterocycles. The molecular formula is C26H28O6. The van der Waals surface area contributed by atoms with E-state index >= 15 is 0 Å². The van der Waals surface area contributed by atoms with Gasteiger partial charge in [-0.1, -0.05) is 54.6 Å². The van der Waals surface area contributed by atoms with Crippen molar-refractivity contribution in [1.29, 1.82) is 0 Å². The third kappa shape index (κ3) is 5.10. The van der Waals surface area contributed by atoms with Gasteiger partial charge >= 0.3 is 5.97 Å². The van der Waals surface area contributed by atoms with Gasteiger partial charge in [-0.3, -0.25) is 0 Å². The summed E-state index contributed by atoms with van der Waals surface area (Å²) < 4.78 is 22.7. The standard InChI is InChI=1S/C26H28O6/c1-19(25(27)28)31-17-18-32-26(20-7-5-4-6-8-20,21-9-13-23(29-2)14-10-21)22-11-15-24(30-3)16-12-22/h4-16,19H,17-18H2,1-3H3,(H,27,28). The molecule has 1 unspecified atom stereocenters. The van der Waals surface area contributed by atoms with Crippen LogP contribution in [-0.4, -0.2) is 44.6 Å². The number of hydrogen-bond donors (Lipinski definition) is 1. The van der Waals surface area contributed by atoms with E-state index in [-0.39, 0.29) is 13.2 Å². The second-order valence-electron chi connectivity index (χ2n) is 7.20. The van der Waals surface area contributed by atoms with Gasteiger partial charge in [0.1, 0.15) is 17.1 Å². The van der Waals surface area contributed by atoms with E-state index in [2.05, 4.69) is 0 Å². The molecule has 0 amide bonds. The summed E-state index contributed by atoms with van der Waals surface area (Å²) in [5.74, 6) is 0.470. The minimum atomic E-state index is -1.01. The van der Waals surface area contributed by atoms with Crippen LogP contribution < -0.4 is 9.47 Å². The molecule has 6 nitrogen and oxygen atoms in total. The second kappa shape index (κ2) is 10.8. The zero-order valence-electron chi connectivity index (χ0n) is 18.5. The summed E-state index contributed by atoms with van der Waals surface area (Å²) >= 11 is 0. The highest BCUT2D eigenvalue weighted by Gasteiger charge is 2.37. The quantitative estimate of drug-likeness (QED) is 0.352. The van der Waals surface area contributed by atoms with Gasteiger partial charge in [0.25, 0.3) is 0 Å². The number of carboxylic acids is 1. The molecule has 0 saturated heterocycles. The molecule has 0 radical (unpaired) electrons. The fraction of sp³-hybridized carbons (Fsp3) is 0.269. The topological polar surface area (TPSA) is 74.2 Å². The number of ether oxygens (including phenoxy) is 4. The maximum atomic E-state index is 11.1. The van der Waals surface area contributed by atoms with E-state index in [1.54, 1.807) is 14.2 Å². The third-order valence-corrected chi connectivity index (χ3v) is 5.29. The lowest BCUT2D eigenvalue weighted by Gasteiger charge is -2.36. The lowest BCUT2D eigenvalue weighted by molar-refractivity contribution is -0.150. The van der Waals surface area contributed by atoms with Gasteiger partial charge in [0.2, 0.25) is 0 Å². The number of benzene rings is 3. The Morgan fingerprint density at radius 1 is 0.781 bits per heavy atom. The van der Waals surface area contributed by atoms with E-state index in [4.69, 9.17) is 24.1 Å². The number of carbonyl (C=O) groups is 1. The van der Waals surface area contributed by atoms with Crippen LogP contribution in [-0.2, 0) is 19.9 Å². The third-order valence-electron chi connectivity index (χ3n) is 5.29. The Hall–Kier alpha value is -3.35. The van der Waals surface area contributed by atoms with Crippen LogP contribution in [0.25, 0.3) is 0 Å². The average molecular weight is 437 g/mol. The van der Waals surface area contributed by atoms with Gasteiger partial charge in [0.15, 0.2) is 6.10 Å². The van der Waals surface area contributed by atoms with Gasteiger partial charge in [0, 0.05) is 0 Å². The monoisotopic (exact) mass is 436 g/mol. The second-order valence-corrected chi connectivity index (χ2v) is 7.20. The molecule has 0 saturated carbocycles. The Kier molecular flexibility index (Phi) is 7.87. The van der Waals surface area contributed by atoms with E-state index in [1.165, 1.54) is 6.92 Å². The fourth-order valence-electron chi connectivity index (χ4n) is 3.57. The molecule has 3 aromatic carbocycles. The van der Waals surface area contributed by atoms with Crippen LogP contribution in [0.1, 0.15) is 23.6 Å². The molecule has 1 N–H and O–H groups in total. The Balaban J connectivity index is 2.07. The summed E-state index contributed by atoms with van der Waals surface area (Å²) in [6, 6.07) is 25.3. The summed E-state index contributed by atoms with van der Waals surface area (Å²) in [7, 11) is 3.25. The highest BCUT2D eigenvalue weighted by Crippen LogP contribution is 2.41. The molecule has 168 valence electrons. The van der Waals surface area contributed by atoms with E-state index in [9.17, 15) is 4.79 Å². The molecule has 0 aliphatic carbocycles. The SMILES string of the molecule is COc1ccc(C(OCCOC(C)C(=O)O)(c2ccccc2)c2ccc(OC)cc2)cc1. The van der Waals surface area contributed by atoms with Crippen molar-refractivity contribution in [3.8, 4) is 11.5 Å². The maximum absolute atomic E-state index is 11.1. The van der Waals surface area contributed by atoms with Gasteiger partial charge < -0.3 is 24.1 Å². The fourth-order valence-corrected chi connectivity index (χ4v) is 3.57. The van der Waals surface area contributed by atoms with Crippen LogP contribution in [0.15, 0.2) is 78.9 Å². The van der Waals surface area contributed by atoms with Crippen LogP contribution in [0.4, 0.5) is 0 Å². The van der Waals surface area contributed by atoms with Crippen LogP contribution in [0.5, 0.6) is 11.5 Å². The first kappa shape index (κ1) is 23.3. The number of methoxy groups -OCH3 is 2. The predicted octanol–water partition coefficient (Wildman–Crippen LogP) is 4.50. The van der Waals surface area contributed by atoms with E-state index in [1.807, 2.05) is 78.9 Å². The van der Waals surface area contributed by atoms with Gasteiger partial charge in [0.05, 0.1) is 27.4 Å². The highest BCUT2D eigenvalue weighted by molar-refractivity contribution is 5.71. The van der Waals surface area contributed by atoms with Gasteiger partial charge in [-0.05, 0) is 47.9 Å². The number of carboxylic acid groups (broad SMARTS) is 1. The molecule has 0 spiro atoms. The normalized spacial score (nSPS) is 12.2. The summed E-state index contributed by atoms with van der Waals surface area (Å²) in [6.07, 6.45) is -0.910. The summed E-state index contributed by atoms with van der Waals surface area (Å²) in [6.45, 7) is 1.82. The molecule has 3 rings (SSSR count). The number of aliphatic carboxylic acids is 1. The molecule has 0 fully saturated rings. The lowest BCUT2D eigenvalue weighted by Crippen LogP contribution is -2.34. The van der Waals surface area contributed by atoms with Crippen molar-refractivity contribution in [3.63, 3.8) is 0 Å². The first-order valence-electron chi connectivity index (χ1n) is 10.3. The van der Waals surface area contributed by atoms with Crippen LogP contribution in [0.3, 0.4) is 0 Å². The molecule has 0 aromatic heterocycles. The molecule has 1 atom stereocenters. The smallest absolute Gasteiger partial charge is 0.332 e. The van der Waals surface area contributed by atoms with Crippen LogP contribution in [0.2, 0.25) is 0 Å². The Morgan fingerprint density at radius 3 is 1.69 bits per heavy atom. The molecular weight excluding hydrogens is 408 g/mol. The van der Waals surface area contributed by atoms with Crippen molar-refractivity contribution >= 4 is 5.97 Å². The van der Waals surface area contributed by atoms with Crippen molar-refractivity contribution in [2.24, 2.45) is 0 Å². The van der Waals surface area contributed by atoms with Gasteiger partial charge in [-0.25, -0.2) is 4.79 Å². The van der Waals surface area contributed by atoms with E-state index < -0.39 is 17.7 Å². The Labute approximate surface area is 188 Å². The van der Waals surface area contributed by atoms with Crippen molar-refractivity contribution in [1.82, 2.24) is 0 Å². The van der Waals surface area contributed by atoms with Crippen molar-refractivity contribution < 1.29 is 28.8 Å². The number of hydrogen-bond acceptors (Lipinski definition) is 5. The Morgan fingerprint density at radius 2 is 1.25 bits per heavy atom. The van der Waals surface area contributed by atoms with Crippen molar-refractivity contribution in [3.05, 3.63) is 95.6 Å².